The van der Waals surface area contributed by atoms with Crippen molar-refractivity contribution < 1.29 is 22.8 Å². The van der Waals surface area contributed by atoms with Crippen molar-refractivity contribution in [1.29, 1.82) is 0 Å². The van der Waals surface area contributed by atoms with Crippen molar-refractivity contribution in [2.45, 2.75) is 38.3 Å². The molecule has 1 aromatic carbocycles. The second-order valence-electron chi connectivity index (χ2n) is 5.74. The van der Waals surface area contributed by atoms with Crippen LogP contribution in [0.3, 0.4) is 0 Å². The van der Waals surface area contributed by atoms with E-state index in [0.29, 0.717) is 11.6 Å². The van der Waals surface area contributed by atoms with E-state index in [9.17, 15) is 22.8 Å². The van der Waals surface area contributed by atoms with E-state index in [1.54, 1.807) is 12.1 Å². The number of alkyl halides is 3. The number of benzene rings is 1. The molecule has 3 nitrogen and oxygen atoms in total. The van der Waals surface area contributed by atoms with Crippen molar-refractivity contribution in [2.75, 3.05) is 0 Å². The highest BCUT2D eigenvalue weighted by Gasteiger charge is 2.36. The smallest absolute Gasteiger partial charge is 0.398 e. The Balaban J connectivity index is 2.11. The summed E-state index contributed by atoms with van der Waals surface area (Å²) in [5.74, 6) is -1.92. The summed E-state index contributed by atoms with van der Waals surface area (Å²) in [6, 6.07) is 6.02. The van der Waals surface area contributed by atoms with Crippen molar-refractivity contribution >= 4 is 17.3 Å². The standard InChI is InChI=1S/C17H18F3NO2/c18-17(19,20)15(22)10-14(21)11-6-8-13(9-7-11)16(23)12-4-2-1-3-5-12/h6-10,12H,1-5,21H2. The molecule has 0 bridgehead atoms. The van der Waals surface area contributed by atoms with E-state index >= 15 is 0 Å². The summed E-state index contributed by atoms with van der Waals surface area (Å²) < 4.78 is 36.6. The van der Waals surface area contributed by atoms with E-state index < -0.39 is 12.0 Å². The molecule has 0 unspecified atom stereocenters. The van der Waals surface area contributed by atoms with E-state index in [4.69, 9.17) is 5.73 Å². The zero-order chi connectivity index (χ0) is 17.0. The SMILES string of the molecule is NC(=CC(=O)C(F)(F)F)c1ccc(C(=O)C2CCCCC2)cc1. The second kappa shape index (κ2) is 6.98. The Labute approximate surface area is 132 Å². The van der Waals surface area contributed by atoms with Crippen LogP contribution in [-0.2, 0) is 4.79 Å². The van der Waals surface area contributed by atoms with Gasteiger partial charge in [0.25, 0.3) is 5.78 Å². The van der Waals surface area contributed by atoms with Gasteiger partial charge in [-0.2, -0.15) is 13.2 Å². The monoisotopic (exact) mass is 325 g/mol. The fourth-order valence-electron chi connectivity index (χ4n) is 2.73. The Morgan fingerprint density at radius 2 is 1.52 bits per heavy atom. The quantitative estimate of drug-likeness (QED) is 0.675. The zero-order valence-corrected chi connectivity index (χ0v) is 12.5. The lowest BCUT2D eigenvalue weighted by atomic mass is 9.84. The molecule has 0 radical (unpaired) electrons. The van der Waals surface area contributed by atoms with Gasteiger partial charge in [-0.05, 0) is 18.4 Å². The third kappa shape index (κ3) is 4.43. The summed E-state index contributed by atoms with van der Waals surface area (Å²) in [5, 5.41) is 0. The Morgan fingerprint density at radius 3 is 2.04 bits per heavy atom. The van der Waals surface area contributed by atoms with Crippen molar-refractivity contribution in [3.63, 3.8) is 0 Å². The van der Waals surface area contributed by atoms with Gasteiger partial charge in [-0.1, -0.05) is 43.5 Å². The highest BCUT2D eigenvalue weighted by atomic mass is 19.4. The topological polar surface area (TPSA) is 60.2 Å². The predicted octanol–water partition coefficient (Wildman–Crippen LogP) is 3.88. The van der Waals surface area contributed by atoms with Gasteiger partial charge in [0, 0.05) is 23.3 Å². The van der Waals surface area contributed by atoms with E-state index in [-0.39, 0.29) is 23.0 Å². The van der Waals surface area contributed by atoms with E-state index in [0.717, 1.165) is 32.1 Å². The molecule has 23 heavy (non-hydrogen) atoms. The van der Waals surface area contributed by atoms with Crippen molar-refractivity contribution in [2.24, 2.45) is 11.7 Å². The van der Waals surface area contributed by atoms with E-state index in [1.165, 1.54) is 12.1 Å². The van der Waals surface area contributed by atoms with Crippen molar-refractivity contribution in [1.82, 2.24) is 0 Å². The molecule has 6 heteroatoms. The third-order valence-corrected chi connectivity index (χ3v) is 4.04. The van der Waals surface area contributed by atoms with Crippen LogP contribution in [0.1, 0.15) is 48.0 Å². The summed E-state index contributed by atoms with van der Waals surface area (Å²) in [6.07, 6.45) is 0.412. The first-order valence-corrected chi connectivity index (χ1v) is 7.52. The average molecular weight is 325 g/mol. The number of ketones is 2. The summed E-state index contributed by atoms with van der Waals surface area (Å²) in [6.45, 7) is 0. The Hall–Kier alpha value is -2.11. The number of nitrogens with two attached hydrogens (primary N) is 1. The van der Waals surface area contributed by atoms with Crippen LogP contribution in [0.2, 0.25) is 0 Å². The molecule has 1 aliphatic carbocycles. The minimum Gasteiger partial charge on any atom is -0.398 e. The van der Waals surface area contributed by atoms with Gasteiger partial charge in [-0.25, -0.2) is 0 Å². The molecule has 2 N–H and O–H groups in total. The molecule has 0 aliphatic heterocycles. The fourth-order valence-corrected chi connectivity index (χ4v) is 2.73. The first-order chi connectivity index (χ1) is 10.8. The maximum absolute atomic E-state index is 12.3. The first kappa shape index (κ1) is 17.2. The highest BCUT2D eigenvalue weighted by molar-refractivity contribution is 6.00. The molecule has 1 fully saturated rings. The van der Waals surface area contributed by atoms with Crippen LogP contribution in [0.5, 0.6) is 0 Å². The largest absolute Gasteiger partial charge is 0.454 e. The summed E-state index contributed by atoms with van der Waals surface area (Å²) in [7, 11) is 0. The van der Waals surface area contributed by atoms with E-state index in [2.05, 4.69) is 0 Å². The van der Waals surface area contributed by atoms with Crippen LogP contribution in [0, 0.1) is 5.92 Å². The van der Waals surface area contributed by atoms with Gasteiger partial charge in [0.2, 0.25) is 0 Å². The molecule has 2 rings (SSSR count). The number of carbonyl (C=O) groups is 2. The lowest BCUT2D eigenvalue weighted by Crippen LogP contribution is -2.21. The summed E-state index contributed by atoms with van der Waals surface area (Å²) in [4.78, 5) is 23.2. The minimum atomic E-state index is -4.94. The lowest BCUT2D eigenvalue weighted by Gasteiger charge is -2.20. The van der Waals surface area contributed by atoms with Crippen molar-refractivity contribution in [3.8, 4) is 0 Å². The van der Waals surface area contributed by atoms with Gasteiger partial charge in [0.1, 0.15) is 0 Å². The molecular weight excluding hydrogens is 307 g/mol. The number of Topliss-reactive ketones (excluding diaryl/α,β-unsaturated/α-hetero) is 1. The van der Waals surface area contributed by atoms with Crippen LogP contribution in [-0.4, -0.2) is 17.7 Å². The van der Waals surface area contributed by atoms with E-state index in [1.807, 2.05) is 0 Å². The molecule has 0 heterocycles. The molecule has 0 saturated heterocycles. The Kier molecular flexibility index (Phi) is 5.23. The molecule has 1 aromatic rings. The summed E-state index contributed by atoms with van der Waals surface area (Å²) >= 11 is 0. The van der Waals surface area contributed by atoms with Crippen LogP contribution in [0.25, 0.3) is 5.70 Å². The van der Waals surface area contributed by atoms with Crippen LogP contribution in [0.15, 0.2) is 30.3 Å². The molecule has 124 valence electrons. The first-order valence-electron chi connectivity index (χ1n) is 7.52. The van der Waals surface area contributed by atoms with Gasteiger partial charge in [-0.3, -0.25) is 9.59 Å². The number of hydrogen-bond donors (Lipinski definition) is 1. The van der Waals surface area contributed by atoms with Gasteiger partial charge >= 0.3 is 6.18 Å². The fraction of sp³-hybridized carbons (Fsp3) is 0.412. The van der Waals surface area contributed by atoms with Gasteiger partial charge in [-0.15, -0.1) is 0 Å². The van der Waals surface area contributed by atoms with Gasteiger partial charge < -0.3 is 5.73 Å². The number of carbonyl (C=O) groups excluding carboxylic acids is 2. The van der Waals surface area contributed by atoms with Crippen LogP contribution >= 0.6 is 0 Å². The van der Waals surface area contributed by atoms with Gasteiger partial charge in [0.15, 0.2) is 5.78 Å². The molecule has 0 aromatic heterocycles. The molecule has 0 amide bonds. The third-order valence-electron chi connectivity index (χ3n) is 4.04. The maximum atomic E-state index is 12.3. The number of rotatable bonds is 4. The number of hydrogen-bond acceptors (Lipinski definition) is 3. The summed E-state index contributed by atoms with van der Waals surface area (Å²) in [5.41, 5.74) is 6.05. The maximum Gasteiger partial charge on any atom is 0.454 e. The van der Waals surface area contributed by atoms with Crippen LogP contribution < -0.4 is 5.73 Å². The second-order valence-corrected chi connectivity index (χ2v) is 5.74. The van der Waals surface area contributed by atoms with Crippen LogP contribution in [0.4, 0.5) is 13.2 Å². The average Bonchev–Trinajstić information content (AvgIpc) is 2.54. The van der Waals surface area contributed by atoms with Gasteiger partial charge in [0.05, 0.1) is 0 Å². The number of halogens is 3. The predicted molar refractivity (Wildman–Crippen MR) is 80.6 cm³/mol. The molecule has 0 spiro atoms. The molecule has 1 saturated carbocycles. The Bertz CT molecular complexity index is 612. The zero-order valence-electron chi connectivity index (χ0n) is 12.5. The highest BCUT2D eigenvalue weighted by Crippen LogP contribution is 2.27. The minimum absolute atomic E-state index is 0.0225. The lowest BCUT2D eigenvalue weighted by molar-refractivity contribution is -0.165. The van der Waals surface area contributed by atoms with Crippen molar-refractivity contribution in [3.05, 3.63) is 41.5 Å². The molecular formula is C17H18F3NO2. The normalized spacial score (nSPS) is 17.1. The Morgan fingerprint density at radius 1 is 1.00 bits per heavy atom. The molecule has 1 aliphatic rings. The molecule has 0 atom stereocenters. The number of allylic oxidation sites excluding steroid dienone is 1.